The van der Waals surface area contributed by atoms with Crippen molar-refractivity contribution in [3.63, 3.8) is 0 Å². The molecule has 1 aromatic rings. The second kappa shape index (κ2) is 6.12. The van der Waals surface area contributed by atoms with E-state index in [1.54, 1.807) is 19.2 Å². The molecule has 0 bridgehead atoms. The van der Waals surface area contributed by atoms with Crippen molar-refractivity contribution in [2.75, 3.05) is 20.3 Å². The highest BCUT2D eigenvalue weighted by Gasteiger charge is 2.07. The lowest BCUT2D eigenvalue weighted by molar-refractivity contribution is 0.0951. The average Bonchev–Trinajstić information content (AvgIpc) is 2.30. The summed E-state index contributed by atoms with van der Waals surface area (Å²) in [6.45, 7) is 2.48. The molecule has 0 unspecified atom stereocenters. The number of rotatable bonds is 5. The Bertz CT molecular complexity index is 363. The fourth-order valence-corrected chi connectivity index (χ4v) is 1.34. The van der Waals surface area contributed by atoms with Crippen LogP contribution < -0.4 is 10.1 Å². The summed E-state index contributed by atoms with van der Waals surface area (Å²) < 4.78 is 5.14. The smallest absolute Gasteiger partial charge is 0.251 e. The summed E-state index contributed by atoms with van der Waals surface area (Å²) in [5, 5.41) is 11.3. The maximum atomic E-state index is 11.7. The van der Waals surface area contributed by atoms with Crippen LogP contribution in [-0.2, 0) is 0 Å². The summed E-state index contributed by atoms with van der Waals surface area (Å²) in [6.07, 6.45) is 0.564. The predicted molar refractivity (Wildman–Crippen MR) is 61.8 cm³/mol. The fraction of sp³-hybridized carbons (Fsp3) is 0.417. The highest BCUT2D eigenvalue weighted by molar-refractivity contribution is 5.94. The van der Waals surface area contributed by atoms with Gasteiger partial charge in [0.2, 0.25) is 0 Å². The van der Waals surface area contributed by atoms with Crippen LogP contribution in [-0.4, -0.2) is 31.3 Å². The number of carbonyl (C=O) groups is 1. The van der Waals surface area contributed by atoms with Crippen molar-refractivity contribution in [1.29, 1.82) is 0 Å². The van der Waals surface area contributed by atoms with E-state index in [0.29, 0.717) is 24.3 Å². The Morgan fingerprint density at radius 1 is 1.50 bits per heavy atom. The molecule has 0 saturated heterocycles. The van der Waals surface area contributed by atoms with Gasteiger partial charge in [-0.15, -0.1) is 0 Å². The van der Waals surface area contributed by atoms with Gasteiger partial charge in [-0.2, -0.15) is 0 Å². The zero-order valence-corrected chi connectivity index (χ0v) is 9.62. The van der Waals surface area contributed by atoms with Crippen molar-refractivity contribution < 1.29 is 14.6 Å². The molecule has 1 rings (SSSR count). The lowest BCUT2D eigenvalue weighted by Crippen LogP contribution is -2.25. The number of hydrogen-bond donors (Lipinski definition) is 2. The van der Waals surface area contributed by atoms with Gasteiger partial charge in [0, 0.05) is 18.7 Å². The SMILES string of the molecule is COc1cc(C(=O)NCCCO)ccc1C. The average molecular weight is 223 g/mol. The molecule has 1 aromatic carbocycles. The van der Waals surface area contributed by atoms with E-state index in [1.165, 1.54) is 0 Å². The van der Waals surface area contributed by atoms with Gasteiger partial charge in [-0.05, 0) is 31.0 Å². The number of aryl methyl sites for hydroxylation is 1. The second-order valence-electron chi connectivity index (χ2n) is 3.52. The summed E-state index contributed by atoms with van der Waals surface area (Å²) in [5.74, 6) is 0.557. The Morgan fingerprint density at radius 2 is 2.25 bits per heavy atom. The number of hydrogen-bond acceptors (Lipinski definition) is 3. The van der Waals surface area contributed by atoms with Crippen LogP contribution in [0.1, 0.15) is 22.3 Å². The van der Waals surface area contributed by atoms with E-state index >= 15 is 0 Å². The number of methoxy groups -OCH3 is 1. The van der Waals surface area contributed by atoms with Crippen molar-refractivity contribution in [1.82, 2.24) is 5.32 Å². The minimum absolute atomic E-state index is 0.0809. The number of amides is 1. The number of nitrogens with one attached hydrogen (secondary N) is 1. The number of carbonyl (C=O) groups excluding carboxylic acids is 1. The Hall–Kier alpha value is -1.55. The first-order valence-corrected chi connectivity index (χ1v) is 5.22. The van der Waals surface area contributed by atoms with Gasteiger partial charge in [0.15, 0.2) is 0 Å². The minimum Gasteiger partial charge on any atom is -0.496 e. The van der Waals surface area contributed by atoms with E-state index in [-0.39, 0.29) is 12.5 Å². The lowest BCUT2D eigenvalue weighted by Gasteiger charge is -2.08. The molecule has 0 saturated carbocycles. The summed E-state index contributed by atoms with van der Waals surface area (Å²) in [5.41, 5.74) is 1.56. The minimum atomic E-state index is -0.147. The van der Waals surface area contributed by atoms with Gasteiger partial charge in [-0.3, -0.25) is 4.79 Å². The number of aliphatic hydroxyl groups is 1. The van der Waals surface area contributed by atoms with Crippen molar-refractivity contribution in [3.8, 4) is 5.75 Å². The highest BCUT2D eigenvalue weighted by atomic mass is 16.5. The van der Waals surface area contributed by atoms with E-state index in [9.17, 15) is 4.79 Å². The van der Waals surface area contributed by atoms with Gasteiger partial charge in [-0.1, -0.05) is 6.07 Å². The van der Waals surface area contributed by atoms with Crippen LogP contribution in [0.2, 0.25) is 0 Å². The first kappa shape index (κ1) is 12.5. The molecule has 0 fully saturated rings. The first-order chi connectivity index (χ1) is 7.69. The van der Waals surface area contributed by atoms with E-state index in [4.69, 9.17) is 9.84 Å². The number of benzene rings is 1. The standard InChI is InChI=1S/C12H17NO3/c1-9-4-5-10(8-11(9)16-2)12(15)13-6-3-7-14/h4-5,8,14H,3,6-7H2,1-2H3,(H,13,15). The van der Waals surface area contributed by atoms with E-state index in [1.807, 2.05) is 13.0 Å². The molecule has 1 amide bonds. The first-order valence-electron chi connectivity index (χ1n) is 5.22. The molecular formula is C12H17NO3. The normalized spacial score (nSPS) is 9.94. The third kappa shape index (κ3) is 3.24. The highest BCUT2D eigenvalue weighted by Crippen LogP contribution is 2.18. The van der Waals surface area contributed by atoms with Crippen molar-refractivity contribution in [2.24, 2.45) is 0 Å². The van der Waals surface area contributed by atoms with E-state index in [0.717, 1.165) is 5.56 Å². The molecule has 0 spiro atoms. The summed E-state index contributed by atoms with van der Waals surface area (Å²) in [4.78, 5) is 11.7. The van der Waals surface area contributed by atoms with E-state index < -0.39 is 0 Å². The molecule has 0 aliphatic heterocycles. The maximum Gasteiger partial charge on any atom is 0.251 e. The molecule has 4 heteroatoms. The van der Waals surface area contributed by atoms with Crippen LogP contribution in [0.4, 0.5) is 0 Å². The van der Waals surface area contributed by atoms with Gasteiger partial charge in [0.25, 0.3) is 5.91 Å². The zero-order valence-electron chi connectivity index (χ0n) is 9.62. The molecule has 0 radical (unpaired) electrons. The molecule has 0 aliphatic carbocycles. The summed E-state index contributed by atoms with van der Waals surface area (Å²) in [6, 6.07) is 5.32. The van der Waals surface area contributed by atoms with Crippen LogP contribution in [0.25, 0.3) is 0 Å². The third-order valence-electron chi connectivity index (χ3n) is 2.29. The molecule has 0 heterocycles. The molecule has 4 nitrogen and oxygen atoms in total. The third-order valence-corrected chi connectivity index (χ3v) is 2.29. The quantitative estimate of drug-likeness (QED) is 0.735. The van der Waals surface area contributed by atoms with Crippen LogP contribution in [0.3, 0.4) is 0 Å². The molecule has 16 heavy (non-hydrogen) atoms. The van der Waals surface area contributed by atoms with Gasteiger partial charge in [-0.25, -0.2) is 0 Å². The van der Waals surface area contributed by atoms with Crippen LogP contribution >= 0.6 is 0 Å². The Kier molecular flexibility index (Phi) is 4.79. The number of aliphatic hydroxyl groups excluding tert-OH is 1. The Morgan fingerprint density at radius 3 is 2.88 bits per heavy atom. The monoisotopic (exact) mass is 223 g/mol. The van der Waals surface area contributed by atoms with Gasteiger partial charge >= 0.3 is 0 Å². The van der Waals surface area contributed by atoms with Crippen LogP contribution in [0.5, 0.6) is 5.75 Å². The van der Waals surface area contributed by atoms with E-state index in [2.05, 4.69) is 5.32 Å². The van der Waals surface area contributed by atoms with Crippen LogP contribution in [0, 0.1) is 6.92 Å². The van der Waals surface area contributed by atoms with Crippen molar-refractivity contribution >= 4 is 5.91 Å². The molecule has 0 aromatic heterocycles. The fourth-order valence-electron chi connectivity index (χ4n) is 1.34. The Balaban J connectivity index is 2.68. The zero-order chi connectivity index (χ0) is 12.0. The van der Waals surface area contributed by atoms with Crippen molar-refractivity contribution in [2.45, 2.75) is 13.3 Å². The summed E-state index contributed by atoms with van der Waals surface area (Å²) >= 11 is 0. The second-order valence-corrected chi connectivity index (χ2v) is 3.52. The molecule has 88 valence electrons. The van der Waals surface area contributed by atoms with Crippen molar-refractivity contribution in [3.05, 3.63) is 29.3 Å². The number of ether oxygens (including phenoxy) is 1. The lowest BCUT2D eigenvalue weighted by atomic mass is 10.1. The van der Waals surface area contributed by atoms with Gasteiger partial charge in [0.05, 0.1) is 7.11 Å². The largest absolute Gasteiger partial charge is 0.496 e. The Labute approximate surface area is 95.2 Å². The van der Waals surface area contributed by atoms with Gasteiger partial charge < -0.3 is 15.2 Å². The van der Waals surface area contributed by atoms with Crippen LogP contribution in [0.15, 0.2) is 18.2 Å². The van der Waals surface area contributed by atoms with Gasteiger partial charge in [0.1, 0.15) is 5.75 Å². The predicted octanol–water partition coefficient (Wildman–Crippen LogP) is 1.12. The molecular weight excluding hydrogens is 206 g/mol. The molecule has 2 N–H and O–H groups in total. The maximum absolute atomic E-state index is 11.7. The topological polar surface area (TPSA) is 58.6 Å². The summed E-state index contributed by atoms with van der Waals surface area (Å²) in [7, 11) is 1.58. The molecule has 0 aliphatic rings. The molecule has 0 atom stereocenters.